The first-order chi connectivity index (χ1) is 12.4. The van der Waals surface area contributed by atoms with E-state index in [2.05, 4.69) is 9.71 Å². The largest absolute Gasteiger partial charge is 0.497 e. The quantitative estimate of drug-likeness (QED) is 0.719. The van der Waals surface area contributed by atoms with Crippen molar-refractivity contribution < 1.29 is 17.5 Å². The summed E-state index contributed by atoms with van der Waals surface area (Å²) in [5, 5.41) is 0. The van der Waals surface area contributed by atoms with Crippen molar-refractivity contribution in [3.63, 3.8) is 0 Å². The molecular weight excluding hydrogens is 357 g/mol. The lowest BCUT2D eigenvalue weighted by atomic mass is 10.1. The second kappa shape index (κ2) is 7.27. The van der Waals surface area contributed by atoms with Crippen LogP contribution in [0.25, 0.3) is 0 Å². The molecule has 6 nitrogen and oxygen atoms in total. The van der Waals surface area contributed by atoms with Gasteiger partial charge in [0.05, 0.1) is 12.0 Å². The number of benzene rings is 2. The maximum Gasteiger partial charge on any atom is 0.241 e. The first-order valence-corrected chi connectivity index (χ1v) is 9.28. The maximum absolute atomic E-state index is 13.1. The van der Waals surface area contributed by atoms with Crippen molar-refractivity contribution in [2.24, 2.45) is 7.05 Å². The Kier molecular flexibility index (Phi) is 5.06. The molecule has 0 bridgehead atoms. The van der Waals surface area contributed by atoms with E-state index in [4.69, 9.17) is 4.74 Å². The summed E-state index contributed by atoms with van der Waals surface area (Å²) < 4.78 is 48.3. The molecule has 0 aliphatic rings. The fraction of sp³-hybridized carbons (Fsp3) is 0.167. The number of aryl methyl sites for hydroxylation is 1. The van der Waals surface area contributed by atoms with Gasteiger partial charge in [-0.1, -0.05) is 12.1 Å². The van der Waals surface area contributed by atoms with Crippen LogP contribution >= 0.6 is 0 Å². The fourth-order valence-corrected chi connectivity index (χ4v) is 3.77. The Bertz CT molecular complexity index is 1000. The van der Waals surface area contributed by atoms with Crippen LogP contribution in [0.1, 0.15) is 17.4 Å². The topological polar surface area (TPSA) is 73.2 Å². The molecule has 0 aliphatic heterocycles. The summed E-state index contributed by atoms with van der Waals surface area (Å²) in [5.74, 6) is 0.615. The van der Waals surface area contributed by atoms with Gasteiger partial charge in [-0.05, 0) is 42.0 Å². The van der Waals surface area contributed by atoms with E-state index in [9.17, 15) is 12.8 Å². The average molecular weight is 375 g/mol. The highest BCUT2D eigenvalue weighted by Crippen LogP contribution is 2.26. The van der Waals surface area contributed by atoms with Crippen LogP contribution in [-0.4, -0.2) is 25.1 Å². The first-order valence-electron chi connectivity index (χ1n) is 7.80. The van der Waals surface area contributed by atoms with Gasteiger partial charge in [-0.25, -0.2) is 17.8 Å². The molecule has 0 aliphatic carbocycles. The minimum Gasteiger partial charge on any atom is -0.497 e. The lowest BCUT2D eigenvalue weighted by molar-refractivity contribution is 0.413. The third-order valence-electron chi connectivity index (χ3n) is 3.94. The number of ether oxygens (including phenoxy) is 1. The molecular formula is C18H18FN3O3S. The Morgan fingerprint density at radius 1 is 1.19 bits per heavy atom. The zero-order valence-electron chi connectivity index (χ0n) is 14.3. The zero-order valence-corrected chi connectivity index (χ0v) is 15.1. The molecule has 136 valence electrons. The Balaban J connectivity index is 2.04. The van der Waals surface area contributed by atoms with Gasteiger partial charge < -0.3 is 9.30 Å². The van der Waals surface area contributed by atoms with Gasteiger partial charge in [0.15, 0.2) is 0 Å². The molecule has 0 saturated carbocycles. The minimum atomic E-state index is -3.90. The molecule has 0 radical (unpaired) electrons. The third-order valence-corrected chi connectivity index (χ3v) is 5.38. The monoisotopic (exact) mass is 375 g/mol. The molecule has 26 heavy (non-hydrogen) atoms. The summed E-state index contributed by atoms with van der Waals surface area (Å²) in [4.78, 5) is 4.25. The smallest absolute Gasteiger partial charge is 0.241 e. The number of rotatable bonds is 6. The maximum atomic E-state index is 13.1. The molecule has 2 aromatic carbocycles. The van der Waals surface area contributed by atoms with E-state index in [0.29, 0.717) is 17.1 Å². The number of sulfonamides is 1. The predicted octanol–water partition coefficient (Wildman–Crippen LogP) is 2.64. The summed E-state index contributed by atoms with van der Waals surface area (Å²) in [6.07, 6.45) is 3.32. The molecule has 0 spiro atoms. The van der Waals surface area contributed by atoms with E-state index >= 15 is 0 Å². The second-order valence-corrected chi connectivity index (χ2v) is 7.40. The normalized spacial score (nSPS) is 12.7. The van der Waals surface area contributed by atoms with Gasteiger partial charge >= 0.3 is 0 Å². The van der Waals surface area contributed by atoms with Crippen LogP contribution in [0.5, 0.6) is 5.75 Å². The molecule has 3 aromatic rings. The average Bonchev–Trinajstić information content (AvgIpc) is 3.06. The van der Waals surface area contributed by atoms with Crippen molar-refractivity contribution in [2.45, 2.75) is 10.9 Å². The van der Waals surface area contributed by atoms with Crippen molar-refractivity contribution in [3.05, 3.63) is 78.1 Å². The molecule has 8 heteroatoms. The van der Waals surface area contributed by atoms with Crippen molar-refractivity contribution in [1.82, 2.24) is 14.3 Å². The van der Waals surface area contributed by atoms with Crippen LogP contribution in [0.15, 0.2) is 65.8 Å². The number of nitrogens with zero attached hydrogens (tertiary/aromatic N) is 2. The van der Waals surface area contributed by atoms with Crippen LogP contribution in [0, 0.1) is 5.82 Å². The van der Waals surface area contributed by atoms with E-state index in [1.54, 1.807) is 48.3 Å². The van der Waals surface area contributed by atoms with Gasteiger partial charge in [0.25, 0.3) is 0 Å². The highest BCUT2D eigenvalue weighted by Gasteiger charge is 2.26. The van der Waals surface area contributed by atoms with Gasteiger partial charge in [0.2, 0.25) is 10.0 Å². The van der Waals surface area contributed by atoms with E-state index < -0.39 is 21.9 Å². The number of halogens is 1. The standard InChI is InChI=1S/C18H18FN3O3S/c1-22-11-10-20-18(22)17(13-4-3-5-15(12-13)25-2)21-26(23,24)16-8-6-14(19)7-9-16/h3-12,17,21H,1-2H3. The van der Waals surface area contributed by atoms with Crippen LogP contribution in [-0.2, 0) is 17.1 Å². The Labute approximate surface area is 151 Å². The van der Waals surface area contributed by atoms with Crippen molar-refractivity contribution in [2.75, 3.05) is 7.11 Å². The van der Waals surface area contributed by atoms with E-state index in [0.717, 1.165) is 12.1 Å². The number of hydrogen-bond donors (Lipinski definition) is 1. The van der Waals surface area contributed by atoms with Gasteiger partial charge in [-0.2, -0.15) is 4.72 Å². The third kappa shape index (κ3) is 3.76. The summed E-state index contributed by atoms with van der Waals surface area (Å²) in [6, 6.07) is 11.0. The molecule has 0 amide bonds. The Hall–Kier alpha value is -2.71. The number of hydrogen-bond acceptors (Lipinski definition) is 4. The van der Waals surface area contributed by atoms with E-state index in [-0.39, 0.29) is 4.90 Å². The molecule has 1 heterocycles. The molecule has 1 N–H and O–H groups in total. The first kappa shape index (κ1) is 18.1. The van der Waals surface area contributed by atoms with Gasteiger partial charge in [0.1, 0.15) is 23.4 Å². The lowest BCUT2D eigenvalue weighted by Crippen LogP contribution is -2.31. The Morgan fingerprint density at radius 2 is 1.92 bits per heavy atom. The SMILES string of the molecule is COc1cccc(C(NS(=O)(=O)c2ccc(F)cc2)c2nccn2C)c1. The van der Waals surface area contributed by atoms with Gasteiger partial charge in [-0.15, -0.1) is 0 Å². The summed E-state index contributed by atoms with van der Waals surface area (Å²) >= 11 is 0. The number of nitrogens with one attached hydrogen (secondary N) is 1. The number of methoxy groups -OCH3 is 1. The molecule has 1 aromatic heterocycles. The number of imidazole rings is 1. The number of aromatic nitrogens is 2. The molecule has 0 saturated heterocycles. The molecule has 3 rings (SSSR count). The van der Waals surface area contributed by atoms with Gasteiger partial charge in [0, 0.05) is 19.4 Å². The van der Waals surface area contributed by atoms with E-state index in [1.807, 2.05) is 0 Å². The van der Waals surface area contributed by atoms with Crippen LogP contribution < -0.4 is 9.46 Å². The van der Waals surface area contributed by atoms with Crippen molar-refractivity contribution in [3.8, 4) is 5.75 Å². The van der Waals surface area contributed by atoms with Crippen molar-refractivity contribution >= 4 is 10.0 Å². The highest BCUT2D eigenvalue weighted by molar-refractivity contribution is 7.89. The minimum absolute atomic E-state index is 0.0268. The lowest BCUT2D eigenvalue weighted by Gasteiger charge is -2.20. The van der Waals surface area contributed by atoms with Crippen LogP contribution in [0.3, 0.4) is 0 Å². The summed E-state index contributed by atoms with van der Waals surface area (Å²) in [6.45, 7) is 0. The second-order valence-electron chi connectivity index (χ2n) is 5.68. The zero-order chi connectivity index (χ0) is 18.7. The van der Waals surface area contributed by atoms with Crippen molar-refractivity contribution in [1.29, 1.82) is 0 Å². The van der Waals surface area contributed by atoms with Crippen LogP contribution in [0.2, 0.25) is 0 Å². The summed E-state index contributed by atoms with van der Waals surface area (Å²) in [5.41, 5.74) is 0.671. The highest BCUT2D eigenvalue weighted by atomic mass is 32.2. The molecule has 0 fully saturated rings. The Morgan fingerprint density at radius 3 is 2.54 bits per heavy atom. The van der Waals surface area contributed by atoms with Gasteiger partial charge in [-0.3, -0.25) is 0 Å². The summed E-state index contributed by atoms with van der Waals surface area (Å²) in [7, 11) is -0.579. The van der Waals surface area contributed by atoms with E-state index in [1.165, 1.54) is 19.2 Å². The molecule has 1 unspecified atom stereocenters. The fourth-order valence-electron chi connectivity index (χ4n) is 2.58. The van der Waals surface area contributed by atoms with Crippen LogP contribution in [0.4, 0.5) is 4.39 Å². The molecule has 1 atom stereocenters. The predicted molar refractivity (Wildman–Crippen MR) is 94.8 cm³/mol.